The summed E-state index contributed by atoms with van der Waals surface area (Å²) in [6.45, 7) is 2.11. The molecule has 22 heavy (non-hydrogen) atoms. The zero-order chi connectivity index (χ0) is 15.7. The third kappa shape index (κ3) is 3.11. The summed E-state index contributed by atoms with van der Waals surface area (Å²) in [5.41, 5.74) is 0.677. The molecule has 0 aliphatic heterocycles. The van der Waals surface area contributed by atoms with Gasteiger partial charge in [0.15, 0.2) is 11.6 Å². The molecule has 2 aliphatic carbocycles. The molecule has 3 nitrogen and oxygen atoms in total. The van der Waals surface area contributed by atoms with E-state index in [2.05, 4.69) is 12.2 Å². The number of carbonyl (C=O) groups is 1. The largest absolute Gasteiger partial charge is 0.494 e. The summed E-state index contributed by atoms with van der Waals surface area (Å²) in [5.74, 6) is 2.05. The number of methoxy groups -OCH3 is 1. The monoisotopic (exact) mass is 305 g/mol. The number of rotatable bonds is 5. The first-order valence-electron chi connectivity index (χ1n) is 8.18. The van der Waals surface area contributed by atoms with Crippen molar-refractivity contribution in [3.8, 4) is 5.75 Å². The van der Waals surface area contributed by atoms with Crippen LogP contribution >= 0.6 is 0 Å². The maximum absolute atomic E-state index is 13.7. The van der Waals surface area contributed by atoms with Crippen LogP contribution in [-0.2, 0) is 11.2 Å². The number of hydrogen-bond donors (Lipinski definition) is 1. The van der Waals surface area contributed by atoms with Crippen molar-refractivity contribution < 1.29 is 13.9 Å². The minimum Gasteiger partial charge on any atom is -0.494 e. The van der Waals surface area contributed by atoms with Crippen LogP contribution < -0.4 is 10.1 Å². The zero-order valence-corrected chi connectivity index (χ0v) is 13.3. The van der Waals surface area contributed by atoms with Gasteiger partial charge in [-0.1, -0.05) is 12.5 Å². The van der Waals surface area contributed by atoms with Crippen molar-refractivity contribution >= 4 is 5.91 Å². The average molecular weight is 305 g/mol. The van der Waals surface area contributed by atoms with Gasteiger partial charge in [0.1, 0.15) is 0 Å². The minimum atomic E-state index is -0.422. The summed E-state index contributed by atoms with van der Waals surface area (Å²) in [6, 6.07) is 4.90. The van der Waals surface area contributed by atoms with Crippen LogP contribution in [0.4, 0.5) is 4.39 Å². The highest BCUT2D eigenvalue weighted by molar-refractivity contribution is 5.78. The minimum absolute atomic E-state index is 0.0279. The molecule has 0 spiro atoms. The molecule has 4 atom stereocenters. The molecule has 2 aliphatic rings. The van der Waals surface area contributed by atoms with Gasteiger partial charge in [0.05, 0.1) is 13.5 Å². The maximum Gasteiger partial charge on any atom is 0.224 e. The van der Waals surface area contributed by atoms with Crippen LogP contribution in [0, 0.1) is 23.6 Å². The van der Waals surface area contributed by atoms with Gasteiger partial charge in [0, 0.05) is 6.04 Å². The van der Waals surface area contributed by atoms with E-state index in [1.54, 1.807) is 12.1 Å². The van der Waals surface area contributed by atoms with Gasteiger partial charge < -0.3 is 10.1 Å². The molecule has 0 heterocycles. The SMILES string of the molecule is COc1ccc(CC(=O)NC(C)C2CC3CCC2C3)cc1F. The summed E-state index contributed by atoms with van der Waals surface area (Å²) in [5, 5.41) is 3.11. The Balaban J connectivity index is 1.55. The first kappa shape index (κ1) is 15.3. The number of fused-ring (bicyclic) bond motifs is 2. The Bertz CT molecular complexity index is 560. The van der Waals surface area contributed by atoms with E-state index in [1.807, 2.05) is 0 Å². The molecule has 1 aromatic rings. The van der Waals surface area contributed by atoms with E-state index in [4.69, 9.17) is 4.74 Å². The van der Waals surface area contributed by atoms with Crippen LogP contribution in [0.3, 0.4) is 0 Å². The molecule has 3 rings (SSSR count). The first-order valence-corrected chi connectivity index (χ1v) is 8.18. The predicted molar refractivity (Wildman–Crippen MR) is 83.2 cm³/mol. The van der Waals surface area contributed by atoms with E-state index in [-0.39, 0.29) is 24.1 Å². The lowest BCUT2D eigenvalue weighted by atomic mass is 9.84. The van der Waals surface area contributed by atoms with E-state index >= 15 is 0 Å². The number of halogens is 1. The van der Waals surface area contributed by atoms with Gasteiger partial charge in [-0.25, -0.2) is 4.39 Å². The highest BCUT2D eigenvalue weighted by Gasteiger charge is 2.42. The Kier molecular flexibility index (Phi) is 4.37. The number of benzene rings is 1. The predicted octanol–water partition coefficient (Wildman–Crippen LogP) is 3.32. The molecule has 1 aromatic carbocycles. The summed E-state index contributed by atoms with van der Waals surface area (Å²) < 4.78 is 18.5. The lowest BCUT2D eigenvalue weighted by molar-refractivity contribution is -0.121. The second kappa shape index (κ2) is 6.27. The van der Waals surface area contributed by atoms with Crippen LogP contribution in [0.1, 0.15) is 38.2 Å². The van der Waals surface area contributed by atoms with Gasteiger partial charge in [-0.05, 0) is 61.6 Å². The second-order valence-electron chi connectivity index (χ2n) is 6.84. The third-order valence-corrected chi connectivity index (χ3v) is 5.40. The molecule has 1 amide bonds. The molecule has 1 N–H and O–H groups in total. The molecule has 2 saturated carbocycles. The Morgan fingerprint density at radius 1 is 1.41 bits per heavy atom. The highest BCUT2D eigenvalue weighted by atomic mass is 19.1. The summed E-state index contributed by atoms with van der Waals surface area (Å²) >= 11 is 0. The van der Waals surface area contributed by atoms with Crippen molar-refractivity contribution in [3.05, 3.63) is 29.6 Å². The zero-order valence-electron chi connectivity index (χ0n) is 13.3. The number of amides is 1. The third-order valence-electron chi connectivity index (χ3n) is 5.40. The Morgan fingerprint density at radius 3 is 2.82 bits per heavy atom. The highest BCUT2D eigenvalue weighted by Crippen LogP contribution is 2.49. The second-order valence-corrected chi connectivity index (χ2v) is 6.84. The molecule has 4 heteroatoms. The van der Waals surface area contributed by atoms with Crippen molar-refractivity contribution in [3.63, 3.8) is 0 Å². The molecule has 0 aromatic heterocycles. The van der Waals surface area contributed by atoms with Crippen molar-refractivity contribution in [2.24, 2.45) is 17.8 Å². The van der Waals surface area contributed by atoms with Gasteiger partial charge in [-0.3, -0.25) is 4.79 Å². The van der Waals surface area contributed by atoms with Crippen LogP contribution in [0.5, 0.6) is 5.75 Å². The van der Waals surface area contributed by atoms with E-state index in [0.717, 1.165) is 11.8 Å². The Morgan fingerprint density at radius 2 is 2.23 bits per heavy atom. The van der Waals surface area contributed by atoms with Crippen molar-refractivity contribution in [1.29, 1.82) is 0 Å². The fourth-order valence-electron chi connectivity index (χ4n) is 4.32. The lowest BCUT2D eigenvalue weighted by Gasteiger charge is -2.28. The number of hydrogen-bond acceptors (Lipinski definition) is 2. The lowest BCUT2D eigenvalue weighted by Crippen LogP contribution is -2.40. The fraction of sp³-hybridized carbons (Fsp3) is 0.611. The molecule has 120 valence electrons. The summed E-state index contributed by atoms with van der Waals surface area (Å²) in [4.78, 5) is 12.2. The Labute approximate surface area is 131 Å². The van der Waals surface area contributed by atoms with Gasteiger partial charge in [0.2, 0.25) is 5.91 Å². The molecular formula is C18H24FNO2. The number of carbonyl (C=O) groups excluding carboxylic acids is 1. The average Bonchev–Trinajstić information content (AvgIpc) is 3.10. The molecular weight excluding hydrogens is 281 g/mol. The number of nitrogens with one attached hydrogen (secondary N) is 1. The normalized spacial score (nSPS) is 27.7. The van der Waals surface area contributed by atoms with Gasteiger partial charge in [-0.15, -0.1) is 0 Å². The maximum atomic E-state index is 13.7. The topological polar surface area (TPSA) is 38.3 Å². The van der Waals surface area contributed by atoms with Crippen molar-refractivity contribution in [2.45, 2.75) is 45.1 Å². The standard InChI is InChI=1S/C18H24FNO2/c1-11(15-8-12-3-5-14(15)7-12)20-18(21)10-13-4-6-17(22-2)16(19)9-13/h4,6,9,11-12,14-15H,3,5,7-8,10H2,1-2H3,(H,20,21). The van der Waals surface area contributed by atoms with Gasteiger partial charge >= 0.3 is 0 Å². The van der Waals surface area contributed by atoms with Crippen molar-refractivity contribution in [2.75, 3.05) is 7.11 Å². The van der Waals surface area contributed by atoms with Gasteiger partial charge in [0.25, 0.3) is 0 Å². The molecule has 2 fully saturated rings. The molecule has 0 saturated heterocycles. The van der Waals surface area contributed by atoms with E-state index in [9.17, 15) is 9.18 Å². The van der Waals surface area contributed by atoms with E-state index in [0.29, 0.717) is 11.5 Å². The van der Waals surface area contributed by atoms with Crippen LogP contribution in [0.25, 0.3) is 0 Å². The van der Waals surface area contributed by atoms with E-state index in [1.165, 1.54) is 38.9 Å². The summed E-state index contributed by atoms with van der Waals surface area (Å²) in [7, 11) is 1.43. The molecule has 2 bridgehead atoms. The Hall–Kier alpha value is -1.58. The first-order chi connectivity index (χ1) is 10.6. The smallest absolute Gasteiger partial charge is 0.224 e. The van der Waals surface area contributed by atoms with Crippen LogP contribution in [0.2, 0.25) is 0 Å². The molecule has 4 unspecified atom stereocenters. The quantitative estimate of drug-likeness (QED) is 0.906. The van der Waals surface area contributed by atoms with Gasteiger partial charge in [-0.2, -0.15) is 0 Å². The van der Waals surface area contributed by atoms with Crippen LogP contribution in [0.15, 0.2) is 18.2 Å². The van der Waals surface area contributed by atoms with Crippen molar-refractivity contribution in [1.82, 2.24) is 5.32 Å². The van der Waals surface area contributed by atoms with Crippen LogP contribution in [-0.4, -0.2) is 19.1 Å². The number of ether oxygens (including phenoxy) is 1. The van der Waals surface area contributed by atoms with E-state index < -0.39 is 5.82 Å². The molecule has 0 radical (unpaired) electrons. The fourth-order valence-corrected chi connectivity index (χ4v) is 4.32. The summed E-state index contributed by atoms with van der Waals surface area (Å²) in [6.07, 6.45) is 5.50.